The Hall–Kier alpha value is -2.61. The zero-order valence-electron chi connectivity index (χ0n) is 16.9. The molecule has 0 aliphatic carbocycles. The lowest BCUT2D eigenvalue weighted by atomic mass is 9.74. The van der Waals surface area contributed by atoms with E-state index in [9.17, 15) is 0 Å². The van der Waals surface area contributed by atoms with Crippen LogP contribution in [0.3, 0.4) is 0 Å². The van der Waals surface area contributed by atoms with E-state index in [2.05, 4.69) is 44.8 Å². The fourth-order valence-electron chi connectivity index (χ4n) is 3.48. The van der Waals surface area contributed by atoms with Crippen LogP contribution in [0.25, 0.3) is 0 Å². The van der Waals surface area contributed by atoms with Crippen molar-refractivity contribution in [3.63, 3.8) is 0 Å². The lowest BCUT2D eigenvalue weighted by Crippen LogP contribution is -2.48. The molecule has 0 amide bonds. The molecule has 2 N–H and O–H groups in total. The van der Waals surface area contributed by atoms with Crippen LogP contribution >= 0.6 is 0 Å². The van der Waals surface area contributed by atoms with Crippen molar-refractivity contribution >= 4 is 5.96 Å². The number of guanidine groups is 1. The lowest BCUT2D eigenvalue weighted by Gasteiger charge is -2.38. The number of nitrogens with one attached hydrogen (secondary N) is 2. The van der Waals surface area contributed by atoms with Crippen LogP contribution in [0.1, 0.15) is 31.2 Å². The Morgan fingerprint density at radius 1 is 1.25 bits per heavy atom. The molecule has 1 saturated heterocycles. The van der Waals surface area contributed by atoms with E-state index >= 15 is 0 Å². The minimum Gasteiger partial charge on any atom is -0.497 e. The number of aromatic nitrogens is 3. The first-order valence-corrected chi connectivity index (χ1v) is 9.74. The quantitative estimate of drug-likeness (QED) is 0.556. The number of nitrogens with zero attached hydrogens (tertiary/aromatic N) is 4. The maximum Gasteiger partial charge on any atom is 0.191 e. The van der Waals surface area contributed by atoms with Crippen LogP contribution in [0.4, 0.5) is 0 Å². The van der Waals surface area contributed by atoms with E-state index in [4.69, 9.17) is 9.47 Å². The van der Waals surface area contributed by atoms with Crippen LogP contribution in [-0.2, 0) is 23.7 Å². The molecule has 0 atom stereocenters. The second-order valence-corrected chi connectivity index (χ2v) is 6.97. The Labute approximate surface area is 166 Å². The fraction of sp³-hybridized carbons (Fsp3) is 0.550. The normalized spacial score (nSPS) is 16.6. The van der Waals surface area contributed by atoms with E-state index in [1.54, 1.807) is 18.1 Å². The van der Waals surface area contributed by atoms with Gasteiger partial charge in [-0.05, 0) is 37.5 Å². The topological polar surface area (TPSA) is 85.6 Å². The van der Waals surface area contributed by atoms with E-state index in [0.29, 0.717) is 6.54 Å². The van der Waals surface area contributed by atoms with Crippen LogP contribution in [0.2, 0.25) is 0 Å². The van der Waals surface area contributed by atoms with Crippen molar-refractivity contribution in [3.8, 4) is 5.75 Å². The van der Waals surface area contributed by atoms with Crippen LogP contribution in [0, 0.1) is 0 Å². The minimum atomic E-state index is 0.00545. The van der Waals surface area contributed by atoms with E-state index in [-0.39, 0.29) is 5.41 Å². The number of hydrogen-bond acceptors (Lipinski definition) is 5. The summed E-state index contributed by atoms with van der Waals surface area (Å²) in [6, 6.07) is 8.38. The van der Waals surface area contributed by atoms with Gasteiger partial charge in [0, 0.05) is 38.8 Å². The minimum absolute atomic E-state index is 0.00545. The van der Waals surface area contributed by atoms with Crippen LogP contribution in [-0.4, -0.2) is 54.1 Å². The van der Waals surface area contributed by atoms with Gasteiger partial charge in [0.1, 0.15) is 24.4 Å². The molecule has 0 saturated carbocycles. The highest BCUT2D eigenvalue weighted by Crippen LogP contribution is 2.35. The Bertz CT molecular complexity index is 765. The van der Waals surface area contributed by atoms with Crippen molar-refractivity contribution in [2.45, 2.75) is 31.7 Å². The van der Waals surface area contributed by atoms with Gasteiger partial charge < -0.3 is 20.1 Å². The predicted octanol–water partition coefficient (Wildman–Crippen LogP) is 1.63. The van der Waals surface area contributed by atoms with E-state index in [0.717, 1.165) is 56.7 Å². The molecule has 0 spiro atoms. The summed E-state index contributed by atoms with van der Waals surface area (Å²) in [6.07, 6.45) is 3.48. The summed E-state index contributed by atoms with van der Waals surface area (Å²) in [7, 11) is 3.57. The summed E-state index contributed by atoms with van der Waals surface area (Å²) in [6.45, 7) is 5.65. The molecule has 1 fully saturated rings. The number of aryl methyl sites for hydroxylation is 1. The third-order valence-electron chi connectivity index (χ3n) is 5.27. The van der Waals surface area contributed by atoms with Gasteiger partial charge in [-0.1, -0.05) is 12.1 Å². The first kappa shape index (κ1) is 20.1. The van der Waals surface area contributed by atoms with Gasteiger partial charge in [-0.25, -0.2) is 9.98 Å². The molecule has 2 heterocycles. The Kier molecular flexibility index (Phi) is 6.86. The number of ether oxygens (including phenoxy) is 2. The SMILES string of the molecule is CCNC(=NCc1ncnn1C)NCC1(c2ccc(OC)cc2)CCOCC1. The molecule has 152 valence electrons. The lowest BCUT2D eigenvalue weighted by molar-refractivity contribution is 0.0513. The molecule has 2 aromatic rings. The smallest absolute Gasteiger partial charge is 0.191 e. The molecule has 1 aromatic heterocycles. The zero-order valence-corrected chi connectivity index (χ0v) is 16.9. The molecule has 1 aliphatic rings. The first-order chi connectivity index (χ1) is 13.7. The summed E-state index contributed by atoms with van der Waals surface area (Å²) in [5, 5.41) is 11.0. The van der Waals surface area contributed by atoms with Crippen molar-refractivity contribution in [1.29, 1.82) is 0 Å². The van der Waals surface area contributed by atoms with Gasteiger partial charge in [0.15, 0.2) is 5.96 Å². The van der Waals surface area contributed by atoms with Crippen molar-refractivity contribution in [2.75, 3.05) is 33.4 Å². The van der Waals surface area contributed by atoms with Crippen molar-refractivity contribution in [2.24, 2.45) is 12.0 Å². The molecule has 0 bridgehead atoms. The molecule has 8 heteroatoms. The van der Waals surface area contributed by atoms with E-state index < -0.39 is 0 Å². The van der Waals surface area contributed by atoms with Crippen molar-refractivity contribution in [3.05, 3.63) is 42.0 Å². The molecule has 0 radical (unpaired) electrons. The predicted molar refractivity (Wildman–Crippen MR) is 109 cm³/mol. The number of aliphatic imine (C=N–C) groups is 1. The molecule has 0 unspecified atom stereocenters. The summed E-state index contributed by atoms with van der Waals surface area (Å²) >= 11 is 0. The molecular formula is C20H30N6O2. The van der Waals surface area contributed by atoms with Gasteiger partial charge in [-0.2, -0.15) is 5.10 Å². The fourth-order valence-corrected chi connectivity index (χ4v) is 3.48. The first-order valence-electron chi connectivity index (χ1n) is 9.74. The standard InChI is InChI=1S/C20H30N6O2/c1-4-21-19(22-13-18-24-15-25-26(18)2)23-14-20(9-11-28-12-10-20)16-5-7-17(27-3)8-6-16/h5-8,15H,4,9-14H2,1-3H3,(H2,21,22,23). The Morgan fingerprint density at radius 3 is 2.61 bits per heavy atom. The van der Waals surface area contributed by atoms with Gasteiger partial charge in [0.2, 0.25) is 0 Å². The molecule has 1 aliphatic heterocycles. The highest BCUT2D eigenvalue weighted by molar-refractivity contribution is 5.79. The number of methoxy groups -OCH3 is 1. The average Bonchev–Trinajstić information content (AvgIpc) is 3.15. The molecule has 1 aromatic carbocycles. The summed E-state index contributed by atoms with van der Waals surface area (Å²) < 4.78 is 12.7. The van der Waals surface area contributed by atoms with Gasteiger partial charge in [-0.15, -0.1) is 0 Å². The third-order valence-corrected chi connectivity index (χ3v) is 5.27. The largest absolute Gasteiger partial charge is 0.497 e. The second kappa shape index (κ2) is 9.54. The molecule has 3 rings (SSSR count). The summed E-state index contributed by atoms with van der Waals surface area (Å²) in [4.78, 5) is 8.91. The average molecular weight is 387 g/mol. The number of rotatable bonds is 7. The second-order valence-electron chi connectivity index (χ2n) is 6.97. The van der Waals surface area contributed by atoms with Crippen LogP contribution in [0.15, 0.2) is 35.6 Å². The molecular weight excluding hydrogens is 356 g/mol. The van der Waals surface area contributed by atoms with Crippen molar-refractivity contribution < 1.29 is 9.47 Å². The van der Waals surface area contributed by atoms with E-state index in [1.807, 2.05) is 19.2 Å². The molecule has 28 heavy (non-hydrogen) atoms. The summed E-state index contributed by atoms with van der Waals surface area (Å²) in [5.41, 5.74) is 1.30. The maximum absolute atomic E-state index is 5.64. The number of hydrogen-bond donors (Lipinski definition) is 2. The summed E-state index contributed by atoms with van der Waals surface area (Å²) in [5.74, 6) is 2.48. The van der Waals surface area contributed by atoms with E-state index in [1.165, 1.54) is 5.56 Å². The Balaban J connectivity index is 1.74. The van der Waals surface area contributed by atoms with Gasteiger partial charge in [-0.3, -0.25) is 4.68 Å². The van der Waals surface area contributed by atoms with Crippen molar-refractivity contribution in [1.82, 2.24) is 25.4 Å². The van der Waals surface area contributed by atoms with Gasteiger partial charge in [0.05, 0.1) is 7.11 Å². The van der Waals surface area contributed by atoms with Crippen LogP contribution in [0.5, 0.6) is 5.75 Å². The highest BCUT2D eigenvalue weighted by Gasteiger charge is 2.34. The van der Waals surface area contributed by atoms with Gasteiger partial charge in [0.25, 0.3) is 0 Å². The van der Waals surface area contributed by atoms with Crippen LogP contribution < -0.4 is 15.4 Å². The Morgan fingerprint density at radius 2 is 2.00 bits per heavy atom. The number of benzene rings is 1. The monoisotopic (exact) mass is 386 g/mol. The maximum atomic E-state index is 5.64. The highest BCUT2D eigenvalue weighted by atomic mass is 16.5. The molecule has 8 nitrogen and oxygen atoms in total. The zero-order chi connectivity index (χ0) is 19.8. The third kappa shape index (κ3) is 4.81. The van der Waals surface area contributed by atoms with Gasteiger partial charge >= 0.3 is 0 Å².